The zero-order chi connectivity index (χ0) is 17.7. The average Bonchev–Trinajstić information content (AvgIpc) is 2.54. The van der Waals surface area contributed by atoms with E-state index in [0.29, 0.717) is 12.5 Å². The van der Waals surface area contributed by atoms with Crippen molar-refractivity contribution in [3.8, 4) is 5.88 Å². The van der Waals surface area contributed by atoms with E-state index >= 15 is 0 Å². The molecule has 0 spiro atoms. The summed E-state index contributed by atoms with van der Waals surface area (Å²) in [6.07, 6.45) is 1.81. The van der Waals surface area contributed by atoms with Crippen LogP contribution in [0.2, 0.25) is 0 Å². The Morgan fingerprint density at radius 1 is 1.25 bits per heavy atom. The number of halogens is 1. The third-order valence-corrected chi connectivity index (χ3v) is 4.43. The number of hydrogen-bond donors (Lipinski definition) is 0. The normalized spacial score (nSPS) is 11.1. The predicted octanol–water partition coefficient (Wildman–Crippen LogP) is 4.96. The molecule has 0 unspecified atom stereocenters. The van der Waals surface area contributed by atoms with Crippen LogP contribution < -0.4 is 4.74 Å². The van der Waals surface area contributed by atoms with Gasteiger partial charge in [0.25, 0.3) is 0 Å². The van der Waals surface area contributed by atoms with E-state index in [0.717, 1.165) is 22.4 Å². The van der Waals surface area contributed by atoms with Crippen molar-refractivity contribution in [2.45, 2.75) is 34.3 Å². The quantitative estimate of drug-likeness (QED) is 0.517. The fraction of sp³-hybridized carbons (Fsp3) is 0.368. The summed E-state index contributed by atoms with van der Waals surface area (Å²) in [5.74, 6) is 0.593. The van der Waals surface area contributed by atoms with E-state index in [1.165, 1.54) is 16.7 Å². The zero-order valence-corrected chi connectivity index (χ0v) is 16.5. The van der Waals surface area contributed by atoms with E-state index < -0.39 is 0 Å². The molecule has 0 saturated carbocycles. The summed E-state index contributed by atoms with van der Waals surface area (Å²) in [5.41, 5.74) is 5.33. The van der Waals surface area contributed by atoms with Gasteiger partial charge < -0.3 is 9.64 Å². The molecule has 0 atom stereocenters. The molecular weight excluding hydrogens is 366 g/mol. The highest BCUT2D eigenvalue weighted by atomic mass is 79.9. The molecule has 0 aliphatic carbocycles. The Morgan fingerprint density at radius 3 is 2.67 bits per heavy atom. The number of aliphatic imine (C=N–C) groups is 1. The second kappa shape index (κ2) is 8.29. The molecule has 0 bridgehead atoms. The third kappa shape index (κ3) is 4.81. The van der Waals surface area contributed by atoms with Crippen molar-refractivity contribution >= 4 is 28.0 Å². The van der Waals surface area contributed by atoms with Crippen LogP contribution in [0, 0.1) is 20.8 Å². The van der Waals surface area contributed by atoms with Gasteiger partial charge in [-0.2, -0.15) is 0 Å². The number of benzene rings is 1. The Morgan fingerprint density at radius 2 is 2.00 bits per heavy atom. The largest absolute Gasteiger partial charge is 0.472 e. The summed E-state index contributed by atoms with van der Waals surface area (Å²) in [7, 11) is 1.99. The molecule has 0 aliphatic heterocycles. The van der Waals surface area contributed by atoms with Gasteiger partial charge in [0.1, 0.15) is 6.61 Å². The molecule has 0 aliphatic rings. The van der Waals surface area contributed by atoms with Gasteiger partial charge in [-0.1, -0.05) is 23.8 Å². The summed E-state index contributed by atoms with van der Waals surface area (Å²) in [6.45, 7) is 9.62. The first-order valence-electron chi connectivity index (χ1n) is 8.01. The Balaban J connectivity index is 2.14. The van der Waals surface area contributed by atoms with E-state index in [9.17, 15) is 0 Å². The fourth-order valence-electron chi connectivity index (χ4n) is 2.18. The van der Waals surface area contributed by atoms with E-state index in [1.54, 1.807) is 0 Å². The lowest BCUT2D eigenvalue weighted by molar-refractivity contribution is 0.290. The third-order valence-electron chi connectivity index (χ3n) is 3.86. The zero-order valence-electron chi connectivity index (χ0n) is 14.9. The maximum Gasteiger partial charge on any atom is 0.228 e. The van der Waals surface area contributed by atoms with Crippen LogP contribution in [0.5, 0.6) is 5.88 Å². The summed E-state index contributed by atoms with van der Waals surface area (Å²) in [4.78, 5) is 11.0. The molecule has 5 heteroatoms. The molecule has 1 aromatic carbocycles. The molecule has 1 heterocycles. The first-order chi connectivity index (χ1) is 11.4. The number of aryl methyl sites for hydroxylation is 3. The van der Waals surface area contributed by atoms with Gasteiger partial charge in [0, 0.05) is 13.6 Å². The molecule has 24 heavy (non-hydrogen) atoms. The molecule has 0 N–H and O–H groups in total. The minimum atomic E-state index is 0.498. The number of aromatic nitrogens is 1. The molecule has 4 nitrogen and oxygen atoms in total. The van der Waals surface area contributed by atoms with Crippen molar-refractivity contribution in [3.63, 3.8) is 0 Å². The van der Waals surface area contributed by atoms with Crippen molar-refractivity contribution < 1.29 is 4.74 Å². The summed E-state index contributed by atoms with van der Waals surface area (Å²) in [5, 5.41) is 0. The molecule has 1 aromatic heterocycles. The lowest BCUT2D eigenvalue weighted by atomic mass is 10.1. The Hall–Kier alpha value is -1.88. The van der Waals surface area contributed by atoms with Crippen LogP contribution in [-0.2, 0) is 6.61 Å². The van der Waals surface area contributed by atoms with Gasteiger partial charge in [0.2, 0.25) is 5.88 Å². The molecular formula is C19H24BrN3O. The molecule has 0 radical (unpaired) electrons. The molecule has 0 saturated heterocycles. The number of rotatable bonds is 6. The van der Waals surface area contributed by atoms with Crippen molar-refractivity contribution in [3.05, 3.63) is 51.1 Å². The van der Waals surface area contributed by atoms with Crippen molar-refractivity contribution in [1.29, 1.82) is 0 Å². The van der Waals surface area contributed by atoms with Crippen molar-refractivity contribution in [2.75, 3.05) is 13.6 Å². The lowest BCUT2D eigenvalue weighted by Gasteiger charge is -2.12. The Kier molecular flexibility index (Phi) is 6.37. The summed E-state index contributed by atoms with van der Waals surface area (Å²) < 4.78 is 6.72. The van der Waals surface area contributed by atoms with Gasteiger partial charge in [-0.05, 0) is 60.8 Å². The van der Waals surface area contributed by atoms with Crippen LogP contribution in [-0.4, -0.2) is 29.8 Å². The van der Waals surface area contributed by atoms with Crippen LogP contribution in [0.25, 0.3) is 0 Å². The van der Waals surface area contributed by atoms with Crippen LogP contribution in [0.4, 0.5) is 5.69 Å². The number of pyridine rings is 1. The lowest BCUT2D eigenvalue weighted by Crippen LogP contribution is -2.14. The molecule has 0 fully saturated rings. The predicted molar refractivity (Wildman–Crippen MR) is 103 cm³/mol. The van der Waals surface area contributed by atoms with E-state index in [4.69, 9.17) is 4.74 Å². The smallest absolute Gasteiger partial charge is 0.228 e. The highest BCUT2D eigenvalue weighted by molar-refractivity contribution is 9.10. The fourth-order valence-corrected chi connectivity index (χ4v) is 2.60. The average molecular weight is 390 g/mol. The standard InChI is InChI=1S/C19H24BrN3O/c1-6-23(5)12-21-18-10-17(20)19(22-15(18)4)24-11-16-8-7-13(2)9-14(16)3/h7-10,12H,6,11H2,1-5H3/b21-12+. The molecule has 128 valence electrons. The number of hydrogen-bond acceptors (Lipinski definition) is 3. The van der Waals surface area contributed by atoms with Crippen LogP contribution in [0.1, 0.15) is 29.3 Å². The topological polar surface area (TPSA) is 37.7 Å². The van der Waals surface area contributed by atoms with Gasteiger partial charge in [0.05, 0.1) is 22.2 Å². The maximum absolute atomic E-state index is 5.91. The Labute approximate surface area is 152 Å². The number of ether oxygens (including phenoxy) is 1. The molecule has 2 rings (SSSR count). The monoisotopic (exact) mass is 389 g/mol. The minimum Gasteiger partial charge on any atom is -0.472 e. The van der Waals surface area contributed by atoms with E-state index in [1.807, 2.05) is 31.3 Å². The Bertz CT molecular complexity index is 744. The van der Waals surface area contributed by atoms with E-state index in [2.05, 4.69) is 64.9 Å². The van der Waals surface area contributed by atoms with Gasteiger partial charge in [-0.25, -0.2) is 9.98 Å². The van der Waals surface area contributed by atoms with Crippen LogP contribution in [0.15, 0.2) is 33.7 Å². The van der Waals surface area contributed by atoms with Crippen molar-refractivity contribution in [2.24, 2.45) is 4.99 Å². The second-order valence-electron chi connectivity index (χ2n) is 5.92. The van der Waals surface area contributed by atoms with Crippen LogP contribution >= 0.6 is 15.9 Å². The first kappa shape index (κ1) is 18.5. The maximum atomic E-state index is 5.91. The van der Waals surface area contributed by atoms with Gasteiger partial charge in [0.15, 0.2) is 0 Å². The van der Waals surface area contributed by atoms with Crippen LogP contribution in [0.3, 0.4) is 0 Å². The van der Waals surface area contributed by atoms with E-state index in [-0.39, 0.29) is 0 Å². The summed E-state index contributed by atoms with van der Waals surface area (Å²) in [6, 6.07) is 8.31. The van der Waals surface area contributed by atoms with Gasteiger partial charge in [-0.15, -0.1) is 0 Å². The molecule has 2 aromatic rings. The number of nitrogens with zero attached hydrogens (tertiary/aromatic N) is 3. The second-order valence-corrected chi connectivity index (χ2v) is 6.77. The summed E-state index contributed by atoms with van der Waals surface area (Å²) >= 11 is 3.53. The van der Waals surface area contributed by atoms with Crippen molar-refractivity contribution in [1.82, 2.24) is 9.88 Å². The first-order valence-corrected chi connectivity index (χ1v) is 8.80. The SMILES string of the molecule is CCN(C)/C=N/c1cc(Br)c(OCc2ccc(C)cc2C)nc1C. The van der Waals surface area contributed by atoms with Gasteiger partial charge >= 0.3 is 0 Å². The molecule has 0 amide bonds. The highest BCUT2D eigenvalue weighted by Crippen LogP contribution is 2.30. The highest BCUT2D eigenvalue weighted by Gasteiger charge is 2.09. The van der Waals surface area contributed by atoms with Gasteiger partial charge in [-0.3, -0.25) is 0 Å². The minimum absolute atomic E-state index is 0.498.